The molecule has 5 heteroatoms. The van der Waals surface area contributed by atoms with Crippen LogP contribution in [0.1, 0.15) is 34.1 Å². The van der Waals surface area contributed by atoms with Gasteiger partial charge in [0.15, 0.2) is 0 Å². The van der Waals surface area contributed by atoms with E-state index in [2.05, 4.69) is 5.10 Å². The first-order valence-electron chi connectivity index (χ1n) is 6.97. The van der Waals surface area contributed by atoms with Gasteiger partial charge in [0, 0.05) is 19.2 Å². The molecule has 0 unspecified atom stereocenters. The van der Waals surface area contributed by atoms with Crippen molar-refractivity contribution in [3.8, 4) is 0 Å². The summed E-state index contributed by atoms with van der Waals surface area (Å²) >= 11 is 6.15. The molecule has 1 aromatic carbocycles. The third kappa shape index (κ3) is 3.27. The number of rotatable bonds is 4. The molecular weight excluding hydrogens is 286 g/mol. The number of aryl methyl sites for hydroxylation is 3. The van der Waals surface area contributed by atoms with Crippen LogP contribution in [0.15, 0.2) is 24.4 Å². The van der Waals surface area contributed by atoms with Crippen LogP contribution in [-0.4, -0.2) is 27.6 Å². The van der Waals surface area contributed by atoms with Gasteiger partial charge in [-0.1, -0.05) is 29.3 Å². The normalized spacial score (nSPS) is 10.7. The summed E-state index contributed by atoms with van der Waals surface area (Å²) in [4.78, 5) is 14.2. The van der Waals surface area contributed by atoms with E-state index in [1.807, 2.05) is 43.7 Å². The first-order valence-corrected chi connectivity index (χ1v) is 7.34. The molecule has 1 amide bonds. The Labute approximate surface area is 130 Å². The van der Waals surface area contributed by atoms with Crippen LogP contribution in [0.25, 0.3) is 0 Å². The lowest BCUT2D eigenvalue weighted by Gasteiger charge is -2.19. The zero-order valence-electron chi connectivity index (χ0n) is 12.9. The first kappa shape index (κ1) is 15.6. The molecule has 21 heavy (non-hydrogen) atoms. The number of carbonyl (C=O) groups is 1. The van der Waals surface area contributed by atoms with Gasteiger partial charge >= 0.3 is 0 Å². The molecule has 0 aliphatic carbocycles. The fraction of sp³-hybridized carbons (Fsp3) is 0.375. The van der Waals surface area contributed by atoms with Gasteiger partial charge in [-0.3, -0.25) is 9.48 Å². The minimum absolute atomic E-state index is 0.00702. The topological polar surface area (TPSA) is 38.1 Å². The number of hydrogen-bond acceptors (Lipinski definition) is 2. The van der Waals surface area contributed by atoms with E-state index in [-0.39, 0.29) is 5.91 Å². The largest absolute Gasteiger partial charge is 0.336 e. The zero-order chi connectivity index (χ0) is 15.6. The number of carbonyl (C=O) groups excluding carboxylic acids is 1. The molecule has 112 valence electrons. The highest BCUT2D eigenvalue weighted by molar-refractivity contribution is 6.31. The maximum Gasteiger partial charge on any atom is 0.254 e. The number of benzene rings is 1. The Morgan fingerprint density at radius 3 is 2.71 bits per heavy atom. The smallest absolute Gasteiger partial charge is 0.254 e. The van der Waals surface area contributed by atoms with E-state index >= 15 is 0 Å². The molecule has 0 aliphatic rings. The average Bonchev–Trinajstić information content (AvgIpc) is 2.79. The number of amides is 1. The average molecular weight is 306 g/mol. The van der Waals surface area contributed by atoms with Crippen LogP contribution in [-0.2, 0) is 13.1 Å². The van der Waals surface area contributed by atoms with E-state index in [4.69, 9.17) is 11.6 Å². The van der Waals surface area contributed by atoms with E-state index in [1.165, 1.54) is 0 Å². The monoisotopic (exact) mass is 305 g/mol. The summed E-state index contributed by atoms with van der Waals surface area (Å²) < 4.78 is 1.81. The Balaban J connectivity index is 2.21. The van der Waals surface area contributed by atoms with Crippen molar-refractivity contribution in [2.24, 2.45) is 0 Å². The van der Waals surface area contributed by atoms with Gasteiger partial charge in [-0.25, -0.2) is 0 Å². The van der Waals surface area contributed by atoms with E-state index in [1.54, 1.807) is 18.1 Å². The molecule has 2 aromatic rings. The zero-order valence-corrected chi connectivity index (χ0v) is 13.6. The summed E-state index contributed by atoms with van der Waals surface area (Å²) in [5.74, 6) is -0.00702. The van der Waals surface area contributed by atoms with Crippen LogP contribution >= 0.6 is 11.6 Å². The molecule has 0 N–H and O–H groups in total. The standard InChI is InChI=1S/C16H20ClN3O/c1-5-20-15(14(17)9-18-20)10-19(4)16(21)13-7-6-11(2)8-12(13)3/h6-9H,5,10H2,1-4H3. The molecule has 0 spiro atoms. The van der Waals surface area contributed by atoms with Crippen molar-refractivity contribution < 1.29 is 4.79 Å². The van der Waals surface area contributed by atoms with Crippen molar-refractivity contribution in [1.29, 1.82) is 0 Å². The minimum Gasteiger partial charge on any atom is -0.336 e. The highest BCUT2D eigenvalue weighted by Gasteiger charge is 2.17. The highest BCUT2D eigenvalue weighted by Crippen LogP contribution is 2.19. The number of aromatic nitrogens is 2. The molecule has 0 bridgehead atoms. The Morgan fingerprint density at radius 1 is 1.38 bits per heavy atom. The molecule has 0 radical (unpaired) electrons. The van der Waals surface area contributed by atoms with Crippen LogP contribution < -0.4 is 0 Å². The summed E-state index contributed by atoms with van der Waals surface area (Å²) in [6.07, 6.45) is 1.62. The predicted octanol–water partition coefficient (Wildman–Crippen LogP) is 3.45. The van der Waals surface area contributed by atoms with Crippen LogP contribution in [0.3, 0.4) is 0 Å². The molecule has 2 rings (SSSR count). The summed E-state index contributed by atoms with van der Waals surface area (Å²) in [7, 11) is 1.78. The molecule has 0 saturated heterocycles. The van der Waals surface area contributed by atoms with Crippen molar-refractivity contribution in [3.63, 3.8) is 0 Å². The molecule has 1 aromatic heterocycles. The van der Waals surface area contributed by atoms with Crippen molar-refractivity contribution in [2.75, 3.05) is 7.05 Å². The van der Waals surface area contributed by atoms with Gasteiger partial charge in [0.2, 0.25) is 0 Å². The molecule has 0 saturated carbocycles. The maximum atomic E-state index is 12.6. The second kappa shape index (κ2) is 6.31. The van der Waals surface area contributed by atoms with Gasteiger partial charge in [-0.05, 0) is 32.4 Å². The summed E-state index contributed by atoms with van der Waals surface area (Å²) in [6.45, 7) is 7.15. The Kier molecular flexibility index (Phi) is 4.68. The number of nitrogens with zero attached hydrogens (tertiary/aromatic N) is 3. The predicted molar refractivity (Wildman–Crippen MR) is 84.6 cm³/mol. The third-order valence-corrected chi connectivity index (χ3v) is 3.86. The van der Waals surface area contributed by atoms with Gasteiger partial charge in [0.25, 0.3) is 5.91 Å². The van der Waals surface area contributed by atoms with Crippen molar-refractivity contribution >= 4 is 17.5 Å². The molecule has 0 aliphatic heterocycles. The number of halogens is 1. The molecule has 0 atom stereocenters. The van der Waals surface area contributed by atoms with Crippen molar-refractivity contribution in [2.45, 2.75) is 33.9 Å². The SMILES string of the molecule is CCn1ncc(Cl)c1CN(C)C(=O)c1ccc(C)cc1C. The quantitative estimate of drug-likeness (QED) is 0.868. The van der Waals surface area contributed by atoms with E-state index in [9.17, 15) is 4.79 Å². The Hall–Kier alpha value is -1.81. The molecule has 4 nitrogen and oxygen atoms in total. The Morgan fingerprint density at radius 2 is 2.10 bits per heavy atom. The van der Waals surface area contributed by atoms with Gasteiger partial charge in [-0.2, -0.15) is 5.10 Å². The molecule has 1 heterocycles. The Bertz CT molecular complexity index is 664. The highest BCUT2D eigenvalue weighted by atomic mass is 35.5. The van der Waals surface area contributed by atoms with E-state index in [0.29, 0.717) is 11.6 Å². The van der Waals surface area contributed by atoms with E-state index in [0.717, 1.165) is 28.9 Å². The van der Waals surface area contributed by atoms with Crippen LogP contribution in [0.5, 0.6) is 0 Å². The number of hydrogen-bond donors (Lipinski definition) is 0. The second-order valence-corrected chi connectivity index (χ2v) is 5.64. The van der Waals surface area contributed by atoms with Gasteiger partial charge in [-0.15, -0.1) is 0 Å². The van der Waals surface area contributed by atoms with Crippen LogP contribution in [0.2, 0.25) is 5.02 Å². The third-order valence-electron chi connectivity index (χ3n) is 3.54. The van der Waals surface area contributed by atoms with Gasteiger partial charge in [0.1, 0.15) is 0 Å². The maximum absolute atomic E-state index is 12.6. The lowest BCUT2D eigenvalue weighted by Crippen LogP contribution is -2.28. The van der Waals surface area contributed by atoms with Crippen molar-refractivity contribution in [1.82, 2.24) is 14.7 Å². The minimum atomic E-state index is -0.00702. The molecule has 0 fully saturated rings. The fourth-order valence-electron chi connectivity index (χ4n) is 2.37. The summed E-state index contributed by atoms with van der Waals surface area (Å²) in [6, 6.07) is 5.85. The first-order chi connectivity index (χ1) is 9.93. The second-order valence-electron chi connectivity index (χ2n) is 5.23. The lowest BCUT2D eigenvalue weighted by atomic mass is 10.0. The van der Waals surface area contributed by atoms with Crippen LogP contribution in [0, 0.1) is 13.8 Å². The van der Waals surface area contributed by atoms with Gasteiger partial charge < -0.3 is 4.90 Å². The van der Waals surface area contributed by atoms with E-state index < -0.39 is 0 Å². The summed E-state index contributed by atoms with van der Waals surface area (Å²) in [5, 5.41) is 4.79. The summed E-state index contributed by atoms with van der Waals surface area (Å²) in [5.41, 5.74) is 3.72. The van der Waals surface area contributed by atoms with Gasteiger partial charge in [0.05, 0.1) is 23.5 Å². The lowest BCUT2D eigenvalue weighted by molar-refractivity contribution is 0.0781. The molecular formula is C16H20ClN3O. The van der Waals surface area contributed by atoms with Crippen molar-refractivity contribution in [3.05, 3.63) is 51.8 Å². The fourth-order valence-corrected chi connectivity index (χ4v) is 2.57. The van der Waals surface area contributed by atoms with Crippen LogP contribution in [0.4, 0.5) is 0 Å².